The monoisotopic (exact) mass is 345 g/mol. The molecule has 0 radical (unpaired) electrons. The molecule has 1 saturated carbocycles. The van der Waals surface area contributed by atoms with Crippen molar-refractivity contribution >= 4 is 22.6 Å². The Morgan fingerprint density at radius 2 is 2.24 bits per heavy atom. The van der Waals surface area contributed by atoms with Gasteiger partial charge in [0.05, 0.1) is 12.7 Å². The van der Waals surface area contributed by atoms with Crippen LogP contribution in [0.2, 0.25) is 0 Å². The Hall–Kier alpha value is -2.05. The number of amides is 2. The summed E-state index contributed by atoms with van der Waals surface area (Å²) in [6, 6.07) is 7.59. The van der Waals surface area contributed by atoms with Gasteiger partial charge in [-0.1, -0.05) is 6.92 Å². The summed E-state index contributed by atoms with van der Waals surface area (Å²) in [5, 5.41) is 16.4. The molecule has 0 spiro atoms. The number of nitrogens with zero attached hydrogens (tertiary/aromatic N) is 1. The van der Waals surface area contributed by atoms with Crippen molar-refractivity contribution in [3.8, 4) is 0 Å². The van der Waals surface area contributed by atoms with Gasteiger partial charge in [-0.15, -0.1) is 0 Å². The highest BCUT2D eigenvalue weighted by atomic mass is 16.5. The second kappa shape index (κ2) is 8.36. The molecular weight excluding hydrogens is 318 g/mol. The van der Waals surface area contributed by atoms with Crippen molar-refractivity contribution in [3.63, 3.8) is 0 Å². The first-order chi connectivity index (χ1) is 12.2. The van der Waals surface area contributed by atoms with E-state index in [0.29, 0.717) is 12.5 Å². The normalized spacial score (nSPS) is 15.3. The van der Waals surface area contributed by atoms with Crippen LogP contribution in [0.5, 0.6) is 0 Å². The summed E-state index contributed by atoms with van der Waals surface area (Å²) in [6.45, 7) is 4.27. The van der Waals surface area contributed by atoms with Gasteiger partial charge >= 0.3 is 6.03 Å². The highest BCUT2D eigenvalue weighted by molar-refractivity contribution is 5.92. The molecule has 6 heteroatoms. The second-order valence-corrected chi connectivity index (χ2v) is 6.75. The van der Waals surface area contributed by atoms with Crippen molar-refractivity contribution in [2.24, 2.45) is 5.92 Å². The third-order valence-corrected chi connectivity index (χ3v) is 4.35. The average molecular weight is 345 g/mol. The van der Waals surface area contributed by atoms with Crippen LogP contribution in [-0.4, -0.2) is 41.6 Å². The van der Waals surface area contributed by atoms with Gasteiger partial charge in [0.15, 0.2) is 0 Å². The molecule has 0 saturated heterocycles. The van der Waals surface area contributed by atoms with Crippen molar-refractivity contribution in [1.29, 1.82) is 0 Å². The molecule has 3 rings (SSSR count). The van der Waals surface area contributed by atoms with Crippen LogP contribution in [0.3, 0.4) is 0 Å². The highest BCUT2D eigenvalue weighted by Crippen LogP contribution is 2.28. The number of fused-ring (bicyclic) bond motifs is 1. The first kappa shape index (κ1) is 17.8. The van der Waals surface area contributed by atoms with Crippen LogP contribution >= 0.6 is 0 Å². The van der Waals surface area contributed by atoms with Gasteiger partial charge in [-0.2, -0.15) is 0 Å². The Balaban J connectivity index is 1.44. The number of aliphatic hydroxyl groups is 1. The zero-order valence-electron chi connectivity index (χ0n) is 14.7. The van der Waals surface area contributed by atoms with Crippen LogP contribution < -0.4 is 10.6 Å². The van der Waals surface area contributed by atoms with E-state index in [1.165, 1.54) is 12.8 Å². The van der Waals surface area contributed by atoms with E-state index in [4.69, 9.17) is 4.74 Å². The third-order valence-electron chi connectivity index (χ3n) is 4.35. The molecule has 1 atom stereocenters. The minimum absolute atomic E-state index is 0.172. The van der Waals surface area contributed by atoms with Crippen LogP contribution in [0.15, 0.2) is 30.5 Å². The number of benzene rings is 1. The number of aromatic nitrogens is 1. The Bertz CT molecular complexity index is 709. The molecule has 1 heterocycles. The van der Waals surface area contributed by atoms with Crippen molar-refractivity contribution in [2.45, 2.75) is 38.8 Å². The number of hydrogen-bond acceptors (Lipinski definition) is 3. The quantitative estimate of drug-likeness (QED) is 0.654. The molecule has 1 aromatic carbocycles. The van der Waals surface area contributed by atoms with Crippen molar-refractivity contribution in [1.82, 2.24) is 9.88 Å². The first-order valence-electron chi connectivity index (χ1n) is 9.05. The molecule has 136 valence electrons. The number of aryl methyl sites for hydroxylation is 1. The number of carbonyl (C=O) groups is 1. The highest BCUT2D eigenvalue weighted by Gasteiger charge is 2.21. The fourth-order valence-electron chi connectivity index (χ4n) is 2.81. The summed E-state index contributed by atoms with van der Waals surface area (Å²) in [6.07, 6.45) is 4.91. The number of carbonyl (C=O) groups excluding carboxylic acids is 1. The molecule has 1 aliphatic rings. The van der Waals surface area contributed by atoms with Crippen LogP contribution in [0.1, 0.15) is 26.2 Å². The van der Waals surface area contributed by atoms with E-state index >= 15 is 0 Å². The lowest BCUT2D eigenvalue weighted by molar-refractivity contribution is 0.0339. The Morgan fingerprint density at radius 1 is 1.40 bits per heavy atom. The second-order valence-electron chi connectivity index (χ2n) is 6.75. The maximum Gasteiger partial charge on any atom is 0.319 e. The van der Waals surface area contributed by atoms with Crippen LogP contribution in [-0.2, 0) is 11.3 Å². The molecular formula is C19H27N3O3. The SMILES string of the molecule is CCCn1ccc2cc(NC(=O)NCC(O)COCC3CC3)ccc21. The third kappa shape index (κ3) is 5.21. The zero-order chi connectivity index (χ0) is 17.6. The van der Waals surface area contributed by atoms with E-state index in [1.807, 2.05) is 18.2 Å². The fourth-order valence-corrected chi connectivity index (χ4v) is 2.81. The standard InChI is InChI=1S/C19H27N3O3/c1-2-8-22-9-7-15-10-16(5-6-18(15)22)21-19(24)20-11-17(23)13-25-12-14-3-4-14/h5-7,9-10,14,17,23H,2-4,8,11-13H2,1H3,(H2,20,21,24). The molecule has 25 heavy (non-hydrogen) atoms. The van der Waals surface area contributed by atoms with Gasteiger partial charge < -0.3 is 25.0 Å². The molecule has 2 aromatic rings. The van der Waals surface area contributed by atoms with Gasteiger partial charge in [0.2, 0.25) is 0 Å². The Labute approximate surface area is 148 Å². The van der Waals surface area contributed by atoms with E-state index in [2.05, 4.69) is 34.4 Å². The molecule has 3 N–H and O–H groups in total. The lowest BCUT2D eigenvalue weighted by atomic mass is 10.2. The van der Waals surface area contributed by atoms with Crippen molar-refractivity contribution in [3.05, 3.63) is 30.5 Å². The average Bonchev–Trinajstić information content (AvgIpc) is 3.34. The van der Waals surface area contributed by atoms with Gasteiger partial charge in [0.1, 0.15) is 0 Å². The van der Waals surface area contributed by atoms with Crippen molar-refractivity contribution in [2.75, 3.05) is 25.1 Å². The fraction of sp³-hybridized carbons (Fsp3) is 0.526. The maximum atomic E-state index is 12.0. The van der Waals surface area contributed by atoms with Gasteiger partial charge in [-0.3, -0.25) is 0 Å². The lowest BCUT2D eigenvalue weighted by Gasteiger charge is -2.13. The van der Waals surface area contributed by atoms with Gasteiger partial charge in [0.25, 0.3) is 0 Å². The van der Waals surface area contributed by atoms with Gasteiger partial charge in [-0.05, 0) is 49.4 Å². The topological polar surface area (TPSA) is 75.5 Å². The summed E-state index contributed by atoms with van der Waals surface area (Å²) in [5.41, 5.74) is 1.90. The summed E-state index contributed by atoms with van der Waals surface area (Å²) in [4.78, 5) is 12.0. The summed E-state index contributed by atoms with van der Waals surface area (Å²) < 4.78 is 7.62. The number of urea groups is 1. The van der Waals surface area contributed by atoms with E-state index in [1.54, 1.807) is 0 Å². The molecule has 0 bridgehead atoms. The summed E-state index contributed by atoms with van der Waals surface area (Å²) in [7, 11) is 0. The molecule has 6 nitrogen and oxygen atoms in total. The predicted molar refractivity (Wildman–Crippen MR) is 98.8 cm³/mol. The van der Waals surface area contributed by atoms with E-state index in [0.717, 1.165) is 29.6 Å². The minimum Gasteiger partial charge on any atom is -0.389 e. The number of anilines is 1. The zero-order valence-corrected chi connectivity index (χ0v) is 14.7. The van der Waals surface area contributed by atoms with Gasteiger partial charge in [-0.25, -0.2) is 4.79 Å². The number of rotatable bonds is 9. The van der Waals surface area contributed by atoms with Gasteiger partial charge in [0, 0.05) is 42.5 Å². The molecule has 1 unspecified atom stereocenters. The number of hydrogen-bond donors (Lipinski definition) is 3. The number of aliphatic hydroxyl groups excluding tert-OH is 1. The van der Waals surface area contributed by atoms with E-state index in [9.17, 15) is 9.90 Å². The summed E-state index contributed by atoms with van der Waals surface area (Å²) >= 11 is 0. The molecule has 1 aliphatic carbocycles. The number of ether oxygens (including phenoxy) is 1. The van der Waals surface area contributed by atoms with E-state index in [-0.39, 0.29) is 19.2 Å². The Morgan fingerprint density at radius 3 is 3.00 bits per heavy atom. The van der Waals surface area contributed by atoms with Crippen molar-refractivity contribution < 1.29 is 14.6 Å². The maximum absolute atomic E-state index is 12.0. The van der Waals surface area contributed by atoms with E-state index < -0.39 is 6.10 Å². The predicted octanol–water partition coefficient (Wildman–Crippen LogP) is 2.96. The van der Waals surface area contributed by atoms with Crippen LogP contribution in [0.4, 0.5) is 10.5 Å². The molecule has 1 fully saturated rings. The van der Waals surface area contributed by atoms with Crippen LogP contribution in [0, 0.1) is 5.92 Å². The molecule has 2 amide bonds. The number of nitrogens with one attached hydrogen (secondary N) is 2. The van der Waals surface area contributed by atoms with Crippen LogP contribution in [0.25, 0.3) is 10.9 Å². The molecule has 0 aliphatic heterocycles. The molecule has 1 aromatic heterocycles. The smallest absolute Gasteiger partial charge is 0.319 e. The Kier molecular flexibility index (Phi) is 5.94. The lowest BCUT2D eigenvalue weighted by Crippen LogP contribution is -2.37. The minimum atomic E-state index is -0.685. The summed E-state index contributed by atoms with van der Waals surface area (Å²) in [5.74, 6) is 0.672. The largest absolute Gasteiger partial charge is 0.389 e. The first-order valence-corrected chi connectivity index (χ1v) is 9.05.